The average molecular weight is 485 g/mol. The van der Waals surface area contributed by atoms with Crippen LogP contribution in [0.3, 0.4) is 0 Å². The number of likely N-dealkylation sites (tertiary alicyclic amines) is 1. The summed E-state index contributed by atoms with van der Waals surface area (Å²) in [6, 6.07) is 7.87. The monoisotopic (exact) mass is 484 g/mol. The Hall–Kier alpha value is -3.51. The second-order valence-corrected chi connectivity index (χ2v) is 10.2. The Morgan fingerprint density at radius 1 is 1.11 bits per heavy atom. The van der Waals surface area contributed by atoms with Gasteiger partial charge in [-0.05, 0) is 75.5 Å². The zero-order valence-electron chi connectivity index (χ0n) is 20.5. The van der Waals surface area contributed by atoms with Gasteiger partial charge < -0.3 is 15.5 Å². The quantitative estimate of drug-likeness (QED) is 0.484. The first kappa shape index (κ1) is 22.9. The molecule has 2 aliphatic heterocycles. The number of aromatic nitrogens is 4. The third-order valence-corrected chi connectivity index (χ3v) is 7.79. The fourth-order valence-corrected chi connectivity index (χ4v) is 5.89. The van der Waals surface area contributed by atoms with Gasteiger partial charge in [-0.15, -0.1) is 0 Å². The molecule has 0 spiro atoms. The molecule has 1 unspecified atom stereocenters. The third kappa shape index (κ3) is 4.42. The summed E-state index contributed by atoms with van der Waals surface area (Å²) in [5.41, 5.74) is 3.30. The summed E-state index contributed by atoms with van der Waals surface area (Å²) in [7, 11) is 0. The van der Waals surface area contributed by atoms with Crippen molar-refractivity contribution in [2.24, 2.45) is 0 Å². The molecule has 2 N–H and O–H groups in total. The molecule has 4 heterocycles. The van der Waals surface area contributed by atoms with Crippen LogP contribution in [0.2, 0.25) is 0 Å². The Kier molecular flexibility index (Phi) is 6.28. The number of hydrogen-bond donors (Lipinski definition) is 2. The molecule has 1 atom stereocenters. The number of piperidine rings is 1. The lowest BCUT2D eigenvalue weighted by Crippen LogP contribution is -2.31. The molecule has 3 aromatic rings. The Labute approximate surface area is 210 Å². The number of carbonyl (C=O) groups is 1. The molecule has 1 saturated carbocycles. The van der Waals surface area contributed by atoms with Gasteiger partial charge in [0.25, 0.3) is 0 Å². The van der Waals surface area contributed by atoms with E-state index in [0.717, 1.165) is 49.0 Å². The molecule has 6 rings (SSSR count). The summed E-state index contributed by atoms with van der Waals surface area (Å²) in [4.78, 5) is 25.3. The highest BCUT2D eigenvalue weighted by molar-refractivity contribution is 6.06. The molecule has 3 aliphatic rings. The van der Waals surface area contributed by atoms with Gasteiger partial charge in [0.15, 0.2) is 5.65 Å². The van der Waals surface area contributed by atoms with Crippen LogP contribution in [0.15, 0.2) is 24.4 Å². The number of benzene rings is 1. The van der Waals surface area contributed by atoms with Gasteiger partial charge in [-0.2, -0.15) is 15.3 Å². The SMILES string of the molecule is N#Cc1ccc2c(c1)C(c1nc(NCCCN3CCCCC3)nc3nn(C4CCCC4)cc13)C(=O)N2. The van der Waals surface area contributed by atoms with Gasteiger partial charge in [-0.25, -0.2) is 4.98 Å². The zero-order valence-corrected chi connectivity index (χ0v) is 20.5. The van der Waals surface area contributed by atoms with Gasteiger partial charge in [0.2, 0.25) is 11.9 Å². The Balaban J connectivity index is 1.32. The van der Waals surface area contributed by atoms with E-state index in [-0.39, 0.29) is 5.91 Å². The first-order valence-electron chi connectivity index (χ1n) is 13.3. The summed E-state index contributed by atoms with van der Waals surface area (Å²) in [5, 5.41) is 21.4. The normalized spacial score (nSPS) is 20.4. The smallest absolute Gasteiger partial charge is 0.238 e. The van der Waals surface area contributed by atoms with Gasteiger partial charge in [0.1, 0.15) is 5.92 Å². The van der Waals surface area contributed by atoms with E-state index in [2.05, 4.69) is 21.6 Å². The zero-order chi connectivity index (χ0) is 24.5. The van der Waals surface area contributed by atoms with E-state index in [1.807, 2.05) is 10.9 Å². The maximum atomic E-state index is 13.2. The standard InChI is InChI=1S/C27H32N8O/c28-16-18-9-10-22-20(15-18)23(26(36)30-22)24-21-17-35(19-7-2-3-8-19)33-25(21)32-27(31-24)29-11-6-14-34-12-4-1-5-13-34/h9-10,15,17,19,23H,1-8,11-14H2,(H,30,36)(H,29,32,33). The second-order valence-electron chi connectivity index (χ2n) is 10.2. The molecule has 1 aliphatic carbocycles. The van der Waals surface area contributed by atoms with Crippen molar-refractivity contribution >= 4 is 28.6 Å². The van der Waals surface area contributed by atoms with Crippen LogP contribution in [0.25, 0.3) is 11.0 Å². The second kappa shape index (κ2) is 9.86. The van der Waals surface area contributed by atoms with Crippen molar-refractivity contribution in [3.63, 3.8) is 0 Å². The molecule has 186 valence electrons. The van der Waals surface area contributed by atoms with Crippen LogP contribution in [0.4, 0.5) is 11.6 Å². The summed E-state index contributed by atoms with van der Waals surface area (Å²) < 4.78 is 2.02. The van der Waals surface area contributed by atoms with Crippen molar-refractivity contribution in [3.8, 4) is 6.07 Å². The van der Waals surface area contributed by atoms with Gasteiger partial charge in [-0.3, -0.25) is 9.48 Å². The minimum absolute atomic E-state index is 0.134. The van der Waals surface area contributed by atoms with E-state index in [1.54, 1.807) is 18.2 Å². The first-order valence-corrected chi connectivity index (χ1v) is 13.3. The van der Waals surface area contributed by atoms with Gasteiger partial charge in [0, 0.05) is 18.4 Å². The molecular formula is C27H32N8O. The van der Waals surface area contributed by atoms with Crippen molar-refractivity contribution in [1.29, 1.82) is 5.26 Å². The molecule has 0 radical (unpaired) electrons. The summed E-state index contributed by atoms with van der Waals surface area (Å²) in [5.74, 6) is -0.232. The number of fused-ring (bicyclic) bond motifs is 2. The highest BCUT2D eigenvalue weighted by atomic mass is 16.2. The number of rotatable bonds is 7. The van der Waals surface area contributed by atoms with E-state index in [1.165, 1.54) is 45.2 Å². The lowest BCUT2D eigenvalue weighted by Gasteiger charge is -2.26. The number of anilines is 2. The van der Waals surface area contributed by atoms with Gasteiger partial charge in [0.05, 0.1) is 28.8 Å². The molecule has 2 aromatic heterocycles. The van der Waals surface area contributed by atoms with Crippen molar-refractivity contribution in [2.75, 3.05) is 36.8 Å². The predicted octanol–water partition coefficient (Wildman–Crippen LogP) is 4.18. The van der Waals surface area contributed by atoms with Crippen LogP contribution in [0, 0.1) is 11.3 Å². The number of carbonyl (C=O) groups excluding carboxylic acids is 1. The van der Waals surface area contributed by atoms with Crippen molar-refractivity contribution in [1.82, 2.24) is 24.6 Å². The summed E-state index contributed by atoms with van der Waals surface area (Å²) in [6.07, 6.45) is 11.6. The maximum absolute atomic E-state index is 13.2. The van der Waals surface area contributed by atoms with Crippen molar-refractivity contribution in [2.45, 2.75) is 63.3 Å². The fraction of sp³-hybridized carbons (Fsp3) is 0.519. The average Bonchev–Trinajstić information content (AvgIpc) is 3.64. The van der Waals surface area contributed by atoms with E-state index in [0.29, 0.717) is 28.9 Å². The molecule has 9 nitrogen and oxygen atoms in total. The van der Waals surface area contributed by atoms with Crippen LogP contribution < -0.4 is 10.6 Å². The maximum Gasteiger partial charge on any atom is 0.238 e. The van der Waals surface area contributed by atoms with E-state index in [4.69, 9.17) is 15.1 Å². The van der Waals surface area contributed by atoms with E-state index >= 15 is 0 Å². The Morgan fingerprint density at radius 3 is 2.75 bits per heavy atom. The Bertz CT molecular complexity index is 1310. The Morgan fingerprint density at radius 2 is 1.94 bits per heavy atom. The summed E-state index contributed by atoms with van der Waals surface area (Å²) >= 11 is 0. The van der Waals surface area contributed by atoms with Gasteiger partial charge >= 0.3 is 0 Å². The van der Waals surface area contributed by atoms with Crippen LogP contribution in [0.1, 0.15) is 80.1 Å². The molecule has 1 amide bonds. The summed E-state index contributed by atoms with van der Waals surface area (Å²) in [6.45, 7) is 4.20. The molecule has 9 heteroatoms. The van der Waals surface area contributed by atoms with E-state index in [9.17, 15) is 10.1 Å². The lowest BCUT2D eigenvalue weighted by atomic mass is 9.94. The van der Waals surface area contributed by atoms with E-state index < -0.39 is 5.92 Å². The van der Waals surface area contributed by atoms with Crippen LogP contribution in [-0.2, 0) is 4.79 Å². The molecule has 0 bridgehead atoms. The number of nitrogens with one attached hydrogen (secondary N) is 2. The lowest BCUT2D eigenvalue weighted by molar-refractivity contribution is -0.116. The van der Waals surface area contributed by atoms with Crippen LogP contribution >= 0.6 is 0 Å². The minimum atomic E-state index is -0.603. The van der Waals surface area contributed by atoms with Crippen LogP contribution in [-0.4, -0.2) is 56.7 Å². The number of nitriles is 1. The number of hydrogen-bond acceptors (Lipinski definition) is 7. The predicted molar refractivity (Wildman–Crippen MR) is 138 cm³/mol. The van der Waals surface area contributed by atoms with Crippen molar-refractivity contribution in [3.05, 3.63) is 41.2 Å². The molecule has 2 fully saturated rings. The number of amides is 1. The van der Waals surface area contributed by atoms with Crippen molar-refractivity contribution < 1.29 is 4.79 Å². The first-order chi connectivity index (χ1) is 17.7. The minimum Gasteiger partial charge on any atom is -0.354 e. The fourth-order valence-electron chi connectivity index (χ4n) is 5.89. The topological polar surface area (TPSA) is 112 Å². The number of nitrogens with zero attached hydrogens (tertiary/aromatic N) is 6. The largest absolute Gasteiger partial charge is 0.354 e. The van der Waals surface area contributed by atoms with Crippen LogP contribution in [0.5, 0.6) is 0 Å². The van der Waals surface area contributed by atoms with Gasteiger partial charge in [-0.1, -0.05) is 19.3 Å². The molecule has 36 heavy (non-hydrogen) atoms. The third-order valence-electron chi connectivity index (χ3n) is 7.79. The highest BCUT2D eigenvalue weighted by Gasteiger charge is 2.36. The molecular weight excluding hydrogens is 452 g/mol. The highest BCUT2D eigenvalue weighted by Crippen LogP contribution is 2.40. The molecule has 1 aromatic carbocycles. The molecule has 1 saturated heterocycles.